The highest BCUT2D eigenvalue weighted by atomic mass is 19.4. The van der Waals surface area contributed by atoms with Gasteiger partial charge >= 0.3 is 42.2 Å². The summed E-state index contributed by atoms with van der Waals surface area (Å²) in [5.74, 6) is -6.68. The first-order valence-electron chi connectivity index (χ1n) is 21.6. The molecule has 6 aromatic rings. The average molecular weight is 1080 g/mol. The average Bonchev–Trinajstić information content (AvgIpc) is 4.17. The molecule has 3 aromatic carbocycles. The van der Waals surface area contributed by atoms with Crippen molar-refractivity contribution in [1.82, 2.24) is 61.6 Å². The van der Waals surface area contributed by atoms with Crippen molar-refractivity contribution in [3.8, 4) is 34.2 Å². The molecule has 0 fully saturated rings. The molecular formula is C45H49F11N12O7. The number of alkyl halides is 11. The van der Waals surface area contributed by atoms with Crippen LogP contribution in [-0.4, -0.2) is 98.4 Å². The second kappa shape index (κ2) is 26.4. The Balaban J connectivity index is 0.000000244. The first-order valence-corrected chi connectivity index (χ1v) is 21.6. The third-order valence-electron chi connectivity index (χ3n) is 9.53. The topological polar surface area (TPSA) is 207 Å². The maximum absolute atomic E-state index is 12.8. The van der Waals surface area contributed by atoms with E-state index in [9.17, 15) is 53.1 Å². The van der Waals surface area contributed by atoms with E-state index >= 15 is 0 Å². The number of rotatable bonds is 20. The van der Waals surface area contributed by atoms with Gasteiger partial charge in [-0.05, 0) is 30.5 Å². The fraction of sp³-hybridized carbons (Fsp3) is 0.356. The molecule has 3 aromatic heterocycles. The molecule has 0 unspecified atom stereocenters. The summed E-state index contributed by atoms with van der Waals surface area (Å²) in [5.41, 5.74) is 6.01. The smallest absolute Gasteiger partial charge is 0.371 e. The quantitative estimate of drug-likeness (QED) is 0.0480. The summed E-state index contributed by atoms with van der Waals surface area (Å²) in [4.78, 5) is 38.4. The third kappa shape index (κ3) is 18.5. The fourth-order valence-corrected chi connectivity index (χ4v) is 5.87. The second-order valence-corrected chi connectivity index (χ2v) is 15.3. The van der Waals surface area contributed by atoms with E-state index in [-0.39, 0.29) is 30.6 Å². The molecule has 75 heavy (non-hydrogen) atoms. The molecule has 30 heteroatoms. The van der Waals surface area contributed by atoms with Crippen LogP contribution in [0.3, 0.4) is 0 Å². The lowest BCUT2D eigenvalue weighted by atomic mass is 10.1. The highest BCUT2D eigenvalue weighted by Crippen LogP contribution is 2.32. The Morgan fingerprint density at radius 3 is 1.19 bits per heavy atom. The molecule has 6 rings (SSSR count). The van der Waals surface area contributed by atoms with Crippen molar-refractivity contribution in [3.05, 3.63) is 132 Å². The zero-order chi connectivity index (χ0) is 55.7. The van der Waals surface area contributed by atoms with Gasteiger partial charge in [-0.15, -0.1) is 0 Å². The van der Waals surface area contributed by atoms with E-state index < -0.39 is 54.7 Å². The Morgan fingerprint density at radius 1 is 0.560 bits per heavy atom. The Hall–Kier alpha value is -7.86. The van der Waals surface area contributed by atoms with E-state index in [4.69, 9.17) is 14.5 Å². The van der Waals surface area contributed by atoms with Crippen LogP contribution >= 0.6 is 0 Å². The lowest BCUT2D eigenvalue weighted by Gasteiger charge is -2.24. The van der Waals surface area contributed by atoms with Crippen molar-refractivity contribution >= 4 is 6.03 Å². The molecule has 408 valence electrons. The molecule has 2 amide bonds. The monoisotopic (exact) mass is 1080 g/mol. The van der Waals surface area contributed by atoms with Gasteiger partial charge in [0.1, 0.15) is 11.6 Å². The number of urea groups is 1. The molecule has 3 N–H and O–H groups in total. The van der Waals surface area contributed by atoms with Crippen LogP contribution in [0.1, 0.15) is 55.1 Å². The van der Waals surface area contributed by atoms with E-state index in [1.807, 2.05) is 6.92 Å². The molecule has 0 aliphatic carbocycles. The van der Waals surface area contributed by atoms with Crippen molar-refractivity contribution in [2.75, 3.05) is 41.0 Å². The molecule has 0 spiro atoms. The van der Waals surface area contributed by atoms with Crippen LogP contribution in [0.4, 0.5) is 53.1 Å². The number of benzene rings is 3. The van der Waals surface area contributed by atoms with Crippen molar-refractivity contribution in [2.45, 2.75) is 64.9 Å². The highest BCUT2D eigenvalue weighted by Gasteiger charge is 2.40. The predicted molar refractivity (Wildman–Crippen MR) is 242 cm³/mol. The van der Waals surface area contributed by atoms with Gasteiger partial charge < -0.3 is 29.1 Å². The molecular weight excluding hydrogens is 1030 g/mol. The van der Waals surface area contributed by atoms with Gasteiger partial charge in [-0.25, -0.2) is 29.2 Å². The van der Waals surface area contributed by atoms with Crippen molar-refractivity contribution in [1.29, 1.82) is 0 Å². The number of amides is 2. The van der Waals surface area contributed by atoms with Gasteiger partial charge in [0.25, 0.3) is 5.92 Å². The van der Waals surface area contributed by atoms with Crippen molar-refractivity contribution in [2.24, 2.45) is 0 Å². The van der Waals surface area contributed by atoms with Gasteiger partial charge in [-0.2, -0.15) is 54.5 Å². The maximum Gasteiger partial charge on any atom is 0.471 e. The van der Waals surface area contributed by atoms with Crippen LogP contribution in [0, 0.1) is 0 Å². The summed E-state index contributed by atoms with van der Waals surface area (Å²) < 4.78 is 151. The van der Waals surface area contributed by atoms with Crippen LogP contribution in [0.2, 0.25) is 0 Å². The Kier molecular flexibility index (Phi) is 21.0. The number of carbonyl (C=O) groups is 1. The molecule has 0 aliphatic heterocycles. The number of nitrogens with one attached hydrogen (secondary N) is 3. The third-order valence-corrected chi connectivity index (χ3v) is 9.53. The lowest BCUT2D eigenvalue weighted by Crippen LogP contribution is -2.43. The number of nitrogens with zero attached hydrogens (tertiary/aromatic N) is 9. The zero-order valence-electron chi connectivity index (χ0n) is 40.6. The van der Waals surface area contributed by atoms with Gasteiger partial charge in [0.15, 0.2) is 0 Å². The summed E-state index contributed by atoms with van der Waals surface area (Å²) in [6.07, 6.45) is -14.1. The molecule has 0 aliphatic rings. The van der Waals surface area contributed by atoms with Gasteiger partial charge in [0.05, 0.1) is 41.0 Å². The fourth-order valence-electron chi connectivity index (χ4n) is 5.87. The molecule has 0 bridgehead atoms. The van der Waals surface area contributed by atoms with E-state index in [0.717, 1.165) is 11.1 Å². The van der Waals surface area contributed by atoms with E-state index in [0.29, 0.717) is 60.5 Å². The molecule has 0 saturated heterocycles. The summed E-state index contributed by atoms with van der Waals surface area (Å²) in [7, 11) is 4.43. The first kappa shape index (κ1) is 59.7. The molecule has 0 saturated carbocycles. The number of hydroxylamine groups is 5. The minimum atomic E-state index is -4.73. The standard InChI is InChI=1S/C16H17F5N4O2.C15H17F3N4O2.C14H15F3N4O3/c1-3-25(14(26)22-9-15(2,17)18)8-10-4-6-11(7-5-10)12-23-13(27-24-12)16(19,20)21;1-4-19-10(2)22(23-3)9-11-5-7-12(8-6-11)13-20-14(24-21-13)15(16,17)18;1-9(19-22-2)21(23-3)8-10-4-6-11(7-5-10)12-18-13(24-20-12)14(15,16)17/h4-7H,3,8-9H2,1-2H3,(H,22,26);5-8,19H,2,4,9H2,1,3H3;4-7,19H,1,8H2,2-3H3. The van der Waals surface area contributed by atoms with Crippen LogP contribution in [0.15, 0.2) is 111 Å². The Labute approximate surface area is 420 Å². The number of halogens is 11. The van der Waals surface area contributed by atoms with Gasteiger partial charge in [-0.1, -0.05) is 101 Å². The lowest BCUT2D eigenvalue weighted by molar-refractivity contribution is -0.160. The largest absolute Gasteiger partial charge is 0.471 e. The maximum atomic E-state index is 12.8. The molecule has 0 atom stereocenters. The molecule has 0 radical (unpaired) electrons. The summed E-state index contributed by atoms with van der Waals surface area (Å²) in [6.45, 7) is 13.0. The van der Waals surface area contributed by atoms with Gasteiger partial charge in [-0.3, -0.25) is 14.5 Å². The molecule has 19 nitrogen and oxygen atoms in total. The van der Waals surface area contributed by atoms with E-state index in [1.165, 1.54) is 43.4 Å². The Morgan fingerprint density at radius 2 is 0.907 bits per heavy atom. The number of aromatic nitrogens is 6. The minimum absolute atomic E-state index is 0.116. The van der Waals surface area contributed by atoms with E-state index in [2.05, 4.69) is 73.3 Å². The van der Waals surface area contributed by atoms with Crippen LogP contribution < -0.4 is 16.1 Å². The number of carbonyl (C=O) groups excluding carboxylic acids is 1. The summed E-state index contributed by atoms with van der Waals surface area (Å²) in [5, 5.41) is 18.1. The summed E-state index contributed by atoms with van der Waals surface area (Å²) >= 11 is 0. The van der Waals surface area contributed by atoms with E-state index in [1.54, 1.807) is 72.7 Å². The second-order valence-electron chi connectivity index (χ2n) is 15.3. The Bertz CT molecular complexity index is 2610. The summed E-state index contributed by atoms with van der Waals surface area (Å²) in [6, 6.07) is 18.7. The van der Waals surface area contributed by atoms with Crippen molar-refractivity contribution < 1.29 is 81.2 Å². The zero-order valence-corrected chi connectivity index (χ0v) is 40.6. The van der Waals surface area contributed by atoms with Gasteiger partial charge in [0.2, 0.25) is 17.5 Å². The normalized spacial score (nSPS) is 11.6. The first-order chi connectivity index (χ1) is 35.2. The van der Waals surface area contributed by atoms with Crippen molar-refractivity contribution in [3.63, 3.8) is 0 Å². The van der Waals surface area contributed by atoms with Crippen LogP contribution in [0.5, 0.6) is 0 Å². The number of hydrogen-bond acceptors (Lipinski definition) is 17. The molecule has 3 heterocycles. The van der Waals surface area contributed by atoms with Crippen LogP contribution in [0.25, 0.3) is 34.2 Å². The SMILES string of the molecule is C=C(NCC)N(Cc1ccc(-c2noc(C(F)(F)F)n2)cc1)OC.C=C(NOC)N(Cc1ccc(-c2noc(C(F)(F)F)n2)cc1)OC.CCN(Cc1ccc(-c2noc(C(F)(F)F)n2)cc1)C(=O)NCC(C)(F)F. The minimum Gasteiger partial charge on any atom is -0.371 e. The van der Waals surface area contributed by atoms with Gasteiger partial charge in [0, 0.05) is 43.2 Å². The number of hydrogen-bond donors (Lipinski definition) is 3. The predicted octanol–water partition coefficient (Wildman–Crippen LogP) is 9.88. The van der Waals surface area contributed by atoms with Crippen LogP contribution in [-0.2, 0) is 52.7 Å². The highest BCUT2D eigenvalue weighted by molar-refractivity contribution is 5.74.